The van der Waals surface area contributed by atoms with Crippen molar-refractivity contribution in [2.24, 2.45) is 5.92 Å². The third kappa shape index (κ3) is 6.69. The molecule has 0 aliphatic carbocycles. The normalized spacial score (nSPS) is 10.7. The first-order valence-corrected chi connectivity index (χ1v) is 11.0. The highest BCUT2D eigenvalue weighted by atomic mass is 32.2. The van der Waals surface area contributed by atoms with Gasteiger partial charge >= 0.3 is 0 Å². The van der Waals surface area contributed by atoms with Crippen LogP contribution < -0.4 is 10.6 Å². The molecule has 0 spiro atoms. The molecule has 1 aromatic heterocycles. The van der Waals surface area contributed by atoms with E-state index in [0.717, 1.165) is 10.0 Å². The number of nitrogens with one attached hydrogen (secondary N) is 2. The van der Waals surface area contributed by atoms with E-state index in [9.17, 15) is 9.59 Å². The number of nitrogens with zero attached hydrogens (tertiary/aromatic N) is 2. The molecule has 6 nitrogen and oxygen atoms in total. The Hall–Kier alpha value is -2.71. The number of thioether (sulfide) groups is 1. The number of benzene rings is 2. The minimum absolute atomic E-state index is 0.00262. The van der Waals surface area contributed by atoms with Gasteiger partial charge in [-0.05, 0) is 42.3 Å². The summed E-state index contributed by atoms with van der Waals surface area (Å²) in [6.07, 6.45) is 0.473. The Kier molecular flexibility index (Phi) is 7.37. The van der Waals surface area contributed by atoms with E-state index in [1.54, 1.807) is 24.3 Å². The first-order valence-electron chi connectivity index (χ1n) is 9.21. The fourth-order valence-corrected chi connectivity index (χ4v) is 4.16. The number of Topliss-reactive ketones (excluding diaryl/α,β-unsaturated/α-hetero) is 1. The molecule has 2 aromatic carbocycles. The van der Waals surface area contributed by atoms with E-state index in [1.165, 1.54) is 23.1 Å². The lowest BCUT2D eigenvalue weighted by Crippen LogP contribution is -2.14. The maximum Gasteiger partial charge on any atom is 0.224 e. The Balaban J connectivity index is 1.50. The van der Waals surface area contributed by atoms with Crippen molar-refractivity contribution < 1.29 is 9.59 Å². The molecule has 0 aliphatic heterocycles. The molecule has 0 saturated heterocycles. The van der Waals surface area contributed by atoms with Crippen LogP contribution in [0.4, 0.5) is 16.5 Å². The average molecular weight is 427 g/mol. The number of para-hydroxylation sites is 1. The lowest BCUT2D eigenvalue weighted by molar-refractivity contribution is -0.116. The van der Waals surface area contributed by atoms with Crippen molar-refractivity contribution in [3.63, 3.8) is 0 Å². The molecule has 8 heteroatoms. The van der Waals surface area contributed by atoms with Crippen molar-refractivity contribution in [3.8, 4) is 0 Å². The molecule has 2 N–H and O–H groups in total. The zero-order chi connectivity index (χ0) is 20.6. The molecule has 150 valence electrons. The fraction of sp³-hybridized carbons (Fsp3) is 0.238. The van der Waals surface area contributed by atoms with Crippen LogP contribution in [-0.2, 0) is 4.79 Å². The van der Waals surface area contributed by atoms with Gasteiger partial charge in [-0.1, -0.05) is 55.1 Å². The number of anilines is 3. The summed E-state index contributed by atoms with van der Waals surface area (Å²) in [5, 5.41) is 14.9. The van der Waals surface area contributed by atoms with Gasteiger partial charge in [-0.2, -0.15) is 0 Å². The van der Waals surface area contributed by atoms with Gasteiger partial charge in [0.05, 0.1) is 5.75 Å². The topological polar surface area (TPSA) is 84.0 Å². The Morgan fingerprint density at radius 3 is 2.41 bits per heavy atom. The zero-order valence-electron chi connectivity index (χ0n) is 16.2. The molecule has 1 amide bonds. The van der Waals surface area contributed by atoms with Gasteiger partial charge in [-0.3, -0.25) is 9.59 Å². The van der Waals surface area contributed by atoms with Crippen LogP contribution in [0.1, 0.15) is 30.6 Å². The smallest absolute Gasteiger partial charge is 0.224 e. The van der Waals surface area contributed by atoms with Crippen LogP contribution in [0.5, 0.6) is 0 Å². The lowest BCUT2D eigenvalue weighted by atomic mass is 10.1. The van der Waals surface area contributed by atoms with Crippen LogP contribution in [0.2, 0.25) is 0 Å². The van der Waals surface area contributed by atoms with Gasteiger partial charge in [0.1, 0.15) is 0 Å². The maximum atomic E-state index is 12.4. The summed E-state index contributed by atoms with van der Waals surface area (Å²) in [5.74, 6) is 0.559. The highest BCUT2D eigenvalue weighted by Crippen LogP contribution is 2.28. The van der Waals surface area contributed by atoms with Gasteiger partial charge in [-0.15, -0.1) is 10.2 Å². The number of rotatable bonds is 9. The summed E-state index contributed by atoms with van der Waals surface area (Å²) in [4.78, 5) is 24.2. The van der Waals surface area contributed by atoms with Gasteiger partial charge in [0.2, 0.25) is 11.0 Å². The van der Waals surface area contributed by atoms with Crippen LogP contribution >= 0.6 is 23.1 Å². The van der Waals surface area contributed by atoms with E-state index >= 15 is 0 Å². The first-order chi connectivity index (χ1) is 14.0. The average Bonchev–Trinajstić information content (AvgIpc) is 3.14. The van der Waals surface area contributed by atoms with Gasteiger partial charge in [-0.25, -0.2) is 0 Å². The molecule has 0 fully saturated rings. The second kappa shape index (κ2) is 10.2. The highest BCUT2D eigenvalue weighted by molar-refractivity contribution is 8.01. The van der Waals surface area contributed by atoms with Crippen molar-refractivity contribution in [2.75, 3.05) is 16.4 Å². The number of hydrogen-bond acceptors (Lipinski definition) is 7. The number of aromatic nitrogens is 2. The van der Waals surface area contributed by atoms with Crippen LogP contribution in [0, 0.1) is 5.92 Å². The summed E-state index contributed by atoms with van der Waals surface area (Å²) in [6, 6.07) is 16.7. The SMILES string of the molecule is CC(C)CC(=O)Nc1ccc(C(=O)CSc2nnc(Nc3ccccc3)s2)cc1. The van der Waals surface area contributed by atoms with Crippen molar-refractivity contribution in [2.45, 2.75) is 24.6 Å². The lowest BCUT2D eigenvalue weighted by Gasteiger charge is -2.07. The van der Waals surface area contributed by atoms with Crippen molar-refractivity contribution in [1.82, 2.24) is 10.2 Å². The Labute approximate surface area is 178 Å². The fourth-order valence-electron chi connectivity index (χ4n) is 2.50. The highest BCUT2D eigenvalue weighted by Gasteiger charge is 2.11. The third-order valence-electron chi connectivity index (χ3n) is 3.84. The van der Waals surface area contributed by atoms with Gasteiger partial charge in [0, 0.05) is 23.4 Å². The van der Waals surface area contributed by atoms with E-state index in [1.807, 2.05) is 44.2 Å². The Bertz CT molecular complexity index is 956. The second-order valence-electron chi connectivity index (χ2n) is 6.80. The molecule has 1 heterocycles. The zero-order valence-corrected chi connectivity index (χ0v) is 17.8. The number of amides is 1. The Morgan fingerprint density at radius 1 is 1.00 bits per heavy atom. The molecular formula is C21H22N4O2S2. The van der Waals surface area contributed by atoms with Crippen LogP contribution in [0.25, 0.3) is 0 Å². The molecule has 0 aliphatic rings. The third-order valence-corrected chi connectivity index (χ3v) is 5.81. The monoisotopic (exact) mass is 426 g/mol. The van der Waals surface area contributed by atoms with E-state index in [-0.39, 0.29) is 17.4 Å². The number of carbonyl (C=O) groups is 2. The standard InChI is InChI=1S/C21H22N4O2S2/c1-14(2)12-19(27)22-17-10-8-15(9-11-17)18(26)13-28-21-25-24-20(29-21)23-16-6-4-3-5-7-16/h3-11,14H,12-13H2,1-2H3,(H,22,27)(H,23,24). The minimum Gasteiger partial charge on any atom is -0.330 e. The van der Waals surface area contributed by atoms with E-state index in [4.69, 9.17) is 0 Å². The summed E-state index contributed by atoms with van der Waals surface area (Å²) in [7, 11) is 0. The van der Waals surface area contributed by atoms with E-state index in [0.29, 0.717) is 28.7 Å². The summed E-state index contributed by atoms with van der Waals surface area (Å²) in [6.45, 7) is 4.00. The molecule has 0 bridgehead atoms. The predicted molar refractivity (Wildman–Crippen MR) is 119 cm³/mol. The van der Waals surface area contributed by atoms with Gasteiger partial charge < -0.3 is 10.6 Å². The summed E-state index contributed by atoms with van der Waals surface area (Å²) < 4.78 is 0.731. The predicted octanol–water partition coefficient (Wildman–Crippen LogP) is 5.24. The molecule has 3 rings (SSSR count). The molecule has 0 atom stereocenters. The largest absolute Gasteiger partial charge is 0.330 e. The summed E-state index contributed by atoms with van der Waals surface area (Å²) >= 11 is 2.77. The van der Waals surface area contributed by atoms with Crippen molar-refractivity contribution in [1.29, 1.82) is 0 Å². The van der Waals surface area contributed by atoms with Gasteiger partial charge in [0.25, 0.3) is 0 Å². The van der Waals surface area contributed by atoms with Crippen LogP contribution in [0.3, 0.4) is 0 Å². The molecular weight excluding hydrogens is 404 g/mol. The van der Waals surface area contributed by atoms with E-state index < -0.39 is 0 Å². The molecule has 0 unspecified atom stereocenters. The molecule has 3 aromatic rings. The van der Waals surface area contributed by atoms with Crippen molar-refractivity contribution >= 4 is 51.3 Å². The van der Waals surface area contributed by atoms with Crippen LogP contribution in [-0.4, -0.2) is 27.6 Å². The molecule has 0 saturated carbocycles. The Morgan fingerprint density at radius 2 is 1.72 bits per heavy atom. The van der Waals surface area contributed by atoms with Crippen molar-refractivity contribution in [3.05, 3.63) is 60.2 Å². The van der Waals surface area contributed by atoms with E-state index in [2.05, 4.69) is 20.8 Å². The molecule has 0 radical (unpaired) electrons. The van der Waals surface area contributed by atoms with Gasteiger partial charge in [0.15, 0.2) is 10.1 Å². The number of hydrogen-bond donors (Lipinski definition) is 2. The first kappa shape index (κ1) is 21.0. The van der Waals surface area contributed by atoms with Crippen LogP contribution in [0.15, 0.2) is 58.9 Å². The number of carbonyl (C=O) groups excluding carboxylic acids is 2. The maximum absolute atomic E-state index is 12.4. The molecule has 29 heavy (non-hydrogen) atoms. The number of ketones is 1. The second-order valence-corrected chi connectivity index (χ2v) is 9.00. The minimum atomic E-state index is -0.0224. The quantitative estimate of drug-likeness (QED) is 0.359. The summed E-state index contributed by atoms with van der Waals surface area (Å²) in [5.41, 5.74) is 2.24.